The van der Waals surface area contributed by atoms with Crippen LogP contribution in [0.1, 0.15) is 65.7 Å². The molecular formula is C18H37N3. The van der Waals surface area contributed by atoms with Gasteiger partial charge in [-0.3, -0.25) is 4.90 Å². The van der Waals surface area contributed by atoms with Gasteiger partial charge in [0.15, 0.2) is 0 Å². The van der Waals surface area contributed by atoms with Crippen LogP contribution in [0.15, 0.2) is 0 Å². The van der Waals surface area contributed by atoms with E-state index in [1.807, 2.05) is 0 Å². The molecule has 0 aromatic rings. The smallest absolute Gasteiger partial charge is 0.0113 e. The molecular weight excluding hydrogens is 258 g/mol. The summed E-state index contributed by atoms with van der Waals surface area (Å²) in [6.45, 7) is 10.6. The number of fused-ring (bicyclic) bond motifs is 2. The van der Waals surface area contributed by atoms with Gasteiger partial charge in [0.05, 0.1) is 0 Å². The lowest BCUT2D eigenvalue weighted by Gasteiger charge is -2.49. The topological polar surface area (TPSA) is 18.5 Å². The minimum absolute atomic E-state index is 0.675. The molecule has 0 spiro atoms. The fourth-order valence-corrected chi connectivity index (χ4v) is 4.12. The van der Waals surface area contributed by atoms with Gasteiger partial charge in [0.2, 0.25) is 0 Å². The molecule has 3 heteroatoms. The molecule has 2 aliphatic heterocycles. The number of nitrogens with zero attached hydrogens (tertiary/aromatic N) is 2. The van der Waals surface area contributed by atoms with Gasteiger partial charge < -0.3 is 10.2 Å². The minimum atomic E-state index is 0.675. The highest BCUT2D eigenvalue weighted by molar-refractivity contribution is 4.94. The summed E-state index contributed by atoms with van der Waals surface area (Å²) >= 11 is 0. The predicted molar refractivity (Wildman–Crippen MR) is 91.8 cm³/mol. The molecule has 0 aromatic carbocycles. The Bertz CT molecular complexity index is 278. The Kier molecular flexibility index (Phi) is 6.97. The summed E-state index contributed by atoms with van der Waals surface area (Å²) in [6, 6.07) is 3.18. The van der Waals surface area contributed by atoms with Crippen molar-refractivity contribution < 1.29 is 0 Å². The van der Waals surface area contributed by atoms with E-state index in [1.165, 1.54) is 64.6 Å². The van der Waals surface area contributed by atoms with Crippen molar-refractivity contribution in [1.29, 1.82) is 0 Å². The van der Waals surface area contributed by atoms with E-state index in [0.717, 1.165) is 18.1 Å². The Hall–Kier alpha value is -0.120. The van der Waals surface area contributed by atoms with Crippen LogP contribution in [0.4, 0.5) is 0 Å². The van der Waals surface area contributed by atoms with Gasteiger partial charge in [-0.1, -0.05) is 13.3 Å². The first-order valence-electron chi connectivity index (χ1n) is 9.31. The van der Waals surface area contributed by atoms with E-state index in [9.17, 15) is 0 Å². The number of hydrogen-bond donors (Lipinski definition) is 1. The zero-order chi connectivity index (χ0) is 15.2. The largest absolute Gasteiger partial charge is 0.314 e. The maximum atomic E-state index is 3.77. The van der Waals surface area contributed by atoms with E-state index in [4.69, 9.17) is 0 Å². The van der Waals surface area contributed by atoms with Crippen LogP contribution < -0.4 is 5.32 Å². The summed E-state index contributed by atoms with van der Waals surface area (Å²) in [6.07, 6.45) is 9.68. The van der Waals surface area contributed by atoms with Crippen LogP contribution >= 0.6 is 0 Å². The van der Waals surface area contributed by atoms with E-state index in [0.29, 0.717) is 6.04 Å². The van der Waals surface area contributed by atoms with Crippen molar-refractivity contribution in [3.05, 3.63) is 0 Å². The van der Waals surface area contributed by atoms with Crippen molar-refractivity contribution in [2.45, 2.75) is 89.9 Å². The Labute approximate surface area is 132 Å². The van der Waals surface area contributed by atoms with Crippen molar-refractivity contribution in [1.82, 2.24) is 15.1 Å². The van der Waals surface area contributed by atoms with Crippen molar-refractivity contribution in [2.75, 3.05) is 26.7 Å². The van der Waals surface area contributed by atoms with Crippen LogP contribution in [0.3, 0.4) is 0 Å². The molecule has 1 N–H and O–H groups in total. The van der Waals surface area contributed by atoms with Crippen LogP contribution in [0.25, 0.3) is 0 Å². The monoisotopic (exact) mass is 295 g/mol. The molecule has 2 unspecified atom stereocenters. The number of hydrogen-bond acceptors (Lipinski definition) is 3. The number of piperidine rings is 2. The molecule has 2 saturated heterocycles. The fraction of sp³-hybridized carbons (Fsp3) is 1.00. The van der Waals surface area contributed by atoms with Crippen LogP contribution in [0.2, 0.25) is 0 Å². The number of rotatable bonds is 8. The molecule has 21 heavy (non-hydrogen) atoms. The van der Waals surface area contributed by atoms with Crippen molar-refractivity contribution in [3.63, 3.8) is 0 Å². The highest BCUT2D eigenvalue weighted by Crippen LogP contribution is 2.34. The maximum absolute atomic E-state index is 3.77. The average Bonchev–Trinajstić information content (AvgIpc) is 2.44. The second-order valence-electron chi connectivity index (χ2n) is 7.53. The molecule has 2 bridgehead atoms. The predicted octanol–water partition coefficient (Wildman–Crippen LogP) is 3.10. The van der Waals surface area contributed by atoms with Gasteiger partial charge in [0.25, 0.3) is 0 Å². The van der Waals surface area contributed by atoms with E-state index in [2.05, 4.69) is 42.9 Å². The summed E-state index contributed by atoms with van der Waals surface area (Å²) < 4.78 is 0. The first-order chi connectivity index (χ1) is 10.1. The minimum Gasteiger partial charge on any atom is -0.314 e. The second-order valence-corrected chi connectivity index (χ2v) is 7.53. The van der Waals surface area contributed by atoms with Crippen LogP contribution in [0.5, 0.6) is 0 Å². The molecule has 0 aliphatic carbocycles. The highest BCUT2D eigenvalue weighted by atomic mass is 15.2. The SMILES string of the molecule is CCCNC1CC2CCCC(C1)N2CCCN(C)C(C)C. The Morgan fingerprint density at radius 3 is 2.43 bits per heavy atom. The summed E-state index contributed by atoms with van der Waals surface area (Å²) in [4.78, 5) is 5.34. The second kappa shape index (κ2) is 8.50. The molecule has 0 saturated carbocycles. The van der Waals surface area contributed by atoms with Gasteiger partial charge >= 0.3 is 0 Å². The van der Waals surface area contributed by atoms with Crippen molar-refractivity contribution >= 4 is 0 Å². The molecule has 2 fully saturated rings. The van der Waals surface area contributed by atoms with Crippen molar-refractivity contribution in [3.8, 4) is 0 Å². The molecule has 2 rings (SSSR count). The van der Waals surface area contributed by atoms with E-state index in [1.54, 1.807) is 0 Å². The summed E-state index contributed by atoms with van der Waals surface area (Å²) in [5.41, 5.74) is 0. The lowest BCUT2D eigenvalue weighted by atomic mass is 9.81. The molecule has 2 aliphatic rings. The maximum Gasteiger partial charge on any atom is 0.0113 e. The normalized spacial score (nSPS) is 30.3. The zero-order valence-electron chi connectivity index (χ0n) is 14.8. The molecule has 0 amide bonds. The Morgan fingerprint density at radius 1 is 1.19 bits per heavy atom. The van der Waals surface area contributed by atoms with E-state index < -0.39 is 0 Å². The average molecular weight is 296 g/mol. The molecule has 3 nitrogen and oxygen atoms in total. The standard InChI is InChI=1S/C18H37N3/c1-5-10-19-16-13-17-8-6-9-18(14-16)21(17)12-7-11-20(4)15(2)3/h15-19H,5-14H2,1-4H3. The third-order valence-electron chi connectivity index (χ3n) is 5.62. The van der Waals surface area contributed by atoms with Crippen LogP contribution in [-0.2, 0) is 0 Å². The van der Waals surface area contributed by atoms with Crippen LogP contribution in [0, 0.1) is 0 Å². The first kappa shape index (κ1) is 17.2. The van der Waals surface area contributed by atoms with E-state index >= 15 is 0 Å². The lowest BCUT2D eigenvalue weighted by molar-refractivity contribution is 0.0217. The first-order valence-corrected chi connectivity index (χ1v) is 9.31. The van der Waals surface area contributed by atoms with E-state index in [-0.39, 0.29) is 0 Å². The van der Waals surface area contributed by atoms with Gasteiger partial charge in [-0.15, -0.1) is 0 Å². The van der Waals surface area contributed by atoms with Gasteiger partial charge in [-0.25, -0.2) is 0 Å². The van der Waals surface area contributed by atoms with Gasteiger partial charge in [-0.2, -0.15) is 0 Å². The van der Waals surface area contributed by atoms with Gasteiger partial charge in [0.1, 0.15) is 0 Å². The molecule has 0 radical (unpaired) electrons. The quantitative estimate of drug-likeness (QED) is 0.742. The number of nitrogens with one attached hydrogen (secondary N) is 1. The molecule has 2 atom stereocenters. The summed E-state index contributed by atoms with van der Waals surface area (Å²) in [5, 5.41) is 3.77. The highest BCUT2D eigenvalue weighted by Gasteiger charge is 2.37. The fourth-order valence-electron chi connectivity index (χ4n) is 4.12. The Morgan fingerprint density at radius 2 is 1.86 bits per heavy atom. The molecule has 124 valence electrons. The molecule has 0 aromatic heterocycles. The molecule has 2 heterocycles. The van der Waals surface area contributed by atoms with Crippen molar-refractivity contribution in [2.24, 2.45) is 0 Å². The third kappa shape index (κ3) is 4.94. The van der Waals surface area contributed by atoms with Gasteiger partial charge in [0, 0.05) is 24.2 Å². The summed E-state index contributed by atoms with van der Waals surface area (Å²) in [7, 11) is 2.26. The summed E-state index contributed by atoms with van der Waals surface area (Å²) in [5.74, 6) is 0. The van der Waals surface area contributed by atoms with Crippen LogP contribution in [-0.4, -0.2) is 60.6 Å². The third-order valence-corrected chi connectivity index (χ3v) is 5.62. The van der Waals surface area contributed by atoms with Gasteiger partial charge in [-0.05, 0) is 79.1 Å². The zero-order valence-corrected chi connectivity index (χ0v) is 14.8. The lowest BCUT2D eigenvalue weighted by Crippen LogP contribution is -2.56. The Balaban J connectivity index is 1.78.